The summed E-state index contributed by atoms with van der Waals surface area (Å²) < 4.78 is 34.2. The molecule has 1 aliphatic heterocycles. The van der Waals surface area contributed by atoms with Gasteiger partial charge in [0.15, 0.2) is 11.5 Å². The Morgan fingerprint density at radius 2 is 1.94 bits per heavy atom. The van der Waals surface area contributed by atoms with Gasteiger partial charge in [0, 0.05) is 18.3 Å². The van der Waals surface area contributed by atoms with Gasteiger partial charge in [0.25, 0.3) is 0 Å². The maximum Gasteiger partial charge on any atom is 0.586 e. The molecule has 0 fully saturated rings. The van der Waals surface area contributed by atoms with E-state index in [9.17, 15) is 8.78 Å². The van der Waals surface area contributed by atoms with E-state index in [4.69, 9.17) is 0 Å². The molecular formula is C12H15F2NO2. The second kappa shape index (κ2) is 4.39. The summed E-state index contributed by atoms with van der Waals surface area (Å²) in [5.41, 5.74) is 0.755. The topological polar surface area (TPSA) is 30.5 Å². The Labute approximate surface area is 98.7 Å². The van der Waals surface area contributed by atoms with Crippen molar-refractivity contribution < 1.29 is 18.3 Å². The van der Waals surface area contributed by atoms with Crippen molar-refractivity contribution in [2.75, 3.05) is 11.9 Å². The minimum atomic E-state index is -3.54. The predicted octanol–water partition coefficient (Wildman–Crippen LogP) is 3.47. The second-order valence-electron chi connectivity index (χ2n) is 4.44. The number of rotatable bonds is 4. The van der Waals surface area contributed by atoms with Crippen LogP contribution in [0.4, 0.5) is 14.5 Å². The van der Waals surface area contributed by atoms with Gasteiger partial charge < -0.3 is 14.8 Å². The van der Waals surface area contributed by atoms with E-state index < -0.39 is 6.29 Å². The number of ether oxygens (including phenoxy) is 2. The maximum atomic E-state index is 12.8. The highest BCUT2D eigenvalue weighted by Gasteiger charge is 2.43. The average molecular weight is 243 g/mol. The second-order valence-corrected chi connectivity index (χ2v) is 4.44. The van der Waals surface area contributed by atoms with Crippen molar-refractivity contribution in [1.29, 1.82) is 0 Å². The molecule has 1 N–H and O–H groups in total. The Balaban J connectivity index is 1.99. The van der Waals surface area contributed by atoms with Gasteiger partial charge in [0.2, 0.25) is 0 Å². The van der Waals surface area contributed by atoms with Crippen molar-refractivity contribution in [2.45, 2.75) is 26.6 Å². The molecule has 0 radical (unpaired) electrons. The van der Waals surface area contributed by atoms with Crippen LogP contribution in [0.25, 0.3) is 0 Å². The molecule has 5 heteroatoms. The van der Waals surface area contributed by atoms with Gasteiger partial charge in [-0.3, -0.25) is 0 Å². The van der Waals surface area contributed by atoms with Gasteiger partial charge in [0.05, 0.1) is 0 Å². The van der Waals surface area contributed by atoms with E-state index in [-0.39, 0.29) is 11.5 Å². The van der Waals surface area contributed by atoms with Gasteiger partial charge in [-0.05, 0) is 24.5 Å². The monoisotopic (exact) mass is 243 g/mol. The van der Waals surface area contributed by atoms with Crippen LogP contribution in [0, 0.1) is 5.92 Å². The zero-order valence-electron chi connectivity index (χ0n) is 9.80. The molecule has 2 rings (SSSR count). The lowest BCUT2D eigenvalue weighted by Crippen LogP contribution is -2.25. The first kappa shape index (κ1) is 12.0. The van der Waals surface area contributed by atoms with E-state index in [0.717, 1.165) is 18.7 Å². The summed E-state index contributed by atoms with van der Waals surface area (Å²) >= 11 is 0. The number of hydrogen-bond donors (Lipinski definition) is 1. The van der Waals surface area contributed by atoms with Crippen molar-refractivity contribution in [3.63, 3.8) is 0 Å². The van der Waals surface area contributed by atoms with Crippen molar-refractivity contribution in [1.82, 2.24) is 0 Å². The molecule has 1 heterocycles. The number of alkyl halides is 2. The molecule has 0 spiro atoms. The van der Waals surface area contributed by atoms with E-state index in [1.807, 2.05) is 0 Å². The summed E-state index contributed by atoms with van der Waals surface area (Å²) in [4.78, 5) is 0. The Kier molecular flexibility index (Phi) is 3.09. The molecular weight excluding hydrogens is 228 g/mol. The summed E-state index contributed by atoms with van der Waals surface area (Å²) in [5, 5.41) is 3.15. The average Bonchev–Trinajstić information content (AvgIpc) is 2.50. The van der Waals surface area contributed by atoms with Crippen LogP contribution in [-0.2, 0) is 0 Å². The molecule has 1 aromatic carbocycles. The lowest BCUT2D eigenvalue weighted by atomic mass is 10.1. The molecule has 3 nitrogen and oxygen atoms in total. The highest BCUT2D eigenvalue weighted by molar-refractivity contribution is 5.55. The number of anilines is 1. The number of halogens is 2. The van der Waals surface area contributed by atoms with Gasteiger partial charge in [-0.2, -0.15) is 0 Å². The molecule has 1 aromatic rings. The van der Waals surface area contributed by atoms with Crippen molar-refractivity contribution in [3.05, 3.63) is 18.2 Å². The molecule has 0 amide bonds. The highest BCUT2D eigenvalue weighted by Crippen LogP contribution is 2.42. The third-order valence-corrected chi connectivity index (χ3v) is 2.45. The number of nitrogens with one attached hydrogen (secondary N) is 1. The summed E-state index contributed by atoms with van der Waals surface area (Å²) in [5.74, 6) is 0.745. The van der Waals surface area contributed by atoms with E-state index in [0.29, 0.717) is 5.92 Å². The van der Waals surface area contributed by atoms with E-state index in [1.165, 1.54) is 12.1 Å². The van der Waals surface area contributed by atoms with Crippen LogP contribution in [-0.4, -0.2) is 12.8 Å². The fourth-order valence-corrected chi connectivity index (χ4v) is 1.56. The van der Waals surface area contributed by atoms with Gasteiger partial charge >= 0.3 is 6.29 Å². The van der Waals surface area contributed by atoms with E-state index in [2.05, 4.69) is 28.6 Å². The summed E-state index contributed by atoms with van der Waals surface area (Å²) in [6.45, 7) is 5.05. The first-order valence-corrected chi connectivity index (χ1v) is 5.60. The minimum absolute atomic E-state index is 0.0735. The zero-order chi connectivity index (χ0) is 12.5. The number of fused-ring (bicyclic) bond motifs is 1. The zero-order valence-corrected chi connectivity index (χ0v) is 9.80. The van der Waals surface area contributed by atoms with Crippen LogP contribution in [0.15, 0.2) is 18.2 Å². The van der Waals surface area contributed by atoms with Crippen molar-refractivity contribution in [3.8, 4) is 11.5 Å². The van der Waals surface area contributed by atoms with Crippen LogP contribution in [0.1, 0.15) is 20.3 Å². The molecule has 1 aliphatic rings. The lowest BCUT2D eigenvalue weighted by Gasteiger charge is -2.08. The Bertz CT molecular complexity index is 407. The quantitative estimate of drug-likeness (QED) is 0.878. The predicted molar refractivity (Wildman–Crippen MR) is 60.6 cm³/mol. The Hall–Kier alpha value is -1.52. The summed E-state index contributed by atoms with van der Waals surface area (Å²) in [6, 6.07) is 4.70. The summed E-state index contributed by atoms with van der Waals surface area (Å²) in [7, 11) is 0. The van der Waals surface area contributed by atoms with Crippen LogP contribution >= 0.6 is 0 Å². The third-order valence-electron chi connectivity index (χ3n) is 2.45. The van der Waals surface area contributed by atoms with Crippen LogP contribution < -0.4 is 14.8 Å². The van der Waals surface area contributed by atoms with Crippen LogP contribution in [0.2, 0.25) is 0 Å². The van der Waals surface area contributed by atoms with Gasteiger partial charge in [0.1, 0.15) is 0 Å². The number of hydrogen-bond acceptors (Lipinski definition) is 3. The maximum absolute atomic E-state index is 12.8. The standard InChI is InChI=1S/C12H15F2NO2/c1-8(2)5-6-15-9-3-4-10-11(7-9)17-12(13,14)16-10/h3-4,7-8,15H,5-6H2,1-2H3. The smallest absolute Gasteiger partial charge is 0.395 e. The number of benzene rings is 1. The molecule has 17 heavy (non-hydrogen) atoms. The fourth-order valence-electron chi connectivity index (χ4n) is 1.56. The molecule has 0 aliphatic carbocycles. The Morgan fingerprint density at radius 3 is 2.65 bits per heavy atom. The molecule has 0 atom stereocenters. The first-order chi connectivity index (χ1) is 7.96. The largest absolute Gasteiger partial charge is 0.586 e. The minimum Gasteiger partial charge on any atom is -0.395 e. The third kappa shape index (κ3) is 2.99. The molecule has 0 unspecified atom stereocenters. The van der Waals surface area contributed by atoms with Crippen molar-refractivity contribution in [2.24, 2.45) is 5.92 Å². The fraction of sp³-hybridized carbons (Fsp3) is 0.500. The Morgan fingerprint density at radius 1 is 1.24 bits per heavy atom. The normalized spacial score (nSPS) is 16.3. The van der Waals surface area contributed by atoms with Gasteiger partial charge in [-0.1, -0.05) is 13.8 Å². The van der Waals surface area contributed by atoms with Gasteiger partial charge in [-0.15, -0.1) is 8.78 Å². The lowest BCUT2D eigenvalue weighted by molar-refractivity contribution is -0.286. The summed E-state index contributed by atoms with van der Waals surface area (Å²) in [6.07, 6.45) is -2.52. The van der Waals surface area contributed by atoms with Crippen LogP contribution in [0.3, 0.4) is 0 Å². The van der Waals surface area contributed by atoms with Gasteiger partial charge in [-0.25, -0.2) is 0 Å². The van der Waals surface area contributed by atoms with Crippen LogP contribution in [0.5, 0.6) is 11.5 Å². The molecule has 0 bridgehead atoms. The highest BCUT2D eigenvalue weighted by atomic mass is 19.3. The molecule has 0 aromatic heterocycles. The molecule has 94 valence electrons. The SMILES string of the molecule is CC(C)CCNc1ccc2c(c1)OC(F)(F)O2. The first-order valence-electron chi connectivity index (χ1n) is 5.60. The molecule has 0 saturated carbocycles. The molecule has 0 saturated heterocycles. The van der Waals surface area contributed by atoms with E-state index >= 15 is 0 Å². The van der Waals surface area contributed by atoms with Crippen molar-refractivity contribution >= 4 is 5.69 Å². The van der Waals surface area contributed by atoms with E-state index in [1.54, 1.807) is 6.07 Å².